The number of rotatable bonds is 3. The third kappa shape index (κ3) is 2.50. The van der Waals surface area contributed by atoms with Crippen LogP contribution in [0.1, 0.15) is 18.2 Å². The number of anilines is 1. The lowest BCUT2D eigenvalue weighted by molar-refractivity contribution is -0.245. The summed E-state index contributed by atoms with van der Waals surface area (Å²) in [6.45, 7) is 3.20. The molecule has 1 unspecified atom stereocenters. The van der Waals surface area contributed by atoms with Crippen molar-refractivity contribution in [1.82, 2.24) is 9.78 Å². The molecular formula is C16H16F3N3O. The second-order valence-electron chi connectivity index (χ2n) is 5.22. The molecule has 1 aliphatic rings. The van der Waals surface area contributed by atoms with Crippen molar-refractivity contribution in [2.75, 3.05) is 11.9 Å². The molecule has 1 atom stereocenters. The van der Waals surface area contributed by atoms with Gasteiger partial charge in [-0.15, -0.1) is 0 Å². The van der Waals surface area contributed by atoms with Gasteiger partial charge in [-0.1, -0.05) is 18.2 Å². The molecule has 1 aromatic carbocycles. The van der Waals surface area contributed by atoms with E-state index in [4.69, 9.17) is 4.74 Å². The number of aromatic nitrogens is 2. The number of fused-ring (bicyclic) bond motifs is 1. The molecule has 0 fully saturated rings. The van der Waals surface area contributed by atoms with Crippen LogP contribution < -0.4 is 5.32 Å². The fourth-order valence-corrected chi connectivity index (χ4v) is 2.59. The first-order valence-corrected chi connectivity index (χ1v) is 7.21. The maximum Gasteiger partial charge on any atom is 0.440 e. The van der Waals surface area contributed by atoms with Gasteiger partial charge in [-0.25, -0.2) is 4.68 Å². The maximum atomic E-state index is 13.6. The third-order valence-electron chi connectivity index (χ3n) is 3.69. The number of halogens is 3. The topological polar surface area (TPSA) is 39.1 Å². The molecule has 0 aliphatic carbocycles. The van der Waals surface area contributed by atoms with Gasteiger partial charge in [0.1, 0.15) is 5.82 Å². The summed E-state index contributed by atoms with van der Waals surface area (Å²) in [7, 11) is 0. The number of ether oxygens (including phenoxy) is 1. The third-order valence-corrected chi connectivity index (χ3v) is 3.69. The number of para-hydroxylation sites is 1. The van der Waals surface area contributed by atoms with Crippen LogP contribution in [0.25, 0.3) is 11.8 Å². The summed E-state index contributed by atoms with van der Waals surface area (Å²) < 4.78 is 47.1. The van der Waals surface area contributed by atoms with Gasteiger partial charge in [-0.2, -0.15) is 18.3 Å². The van der Waals surface area contributed by atoms with E-state index in [9.17, 15) is 13.2 Å². The molecule has 23 heavy (non-hydrogen) atoms. The first-order valence-electron chi connectivity index (χ1n) is 7.21. The van der Waals surface area contributed by atoms with Gasteiger partial charge in [0.15, 0.2) is 0 Å². The molecule has 0 saturated carbocycles. The molecule has 122 valence electrons. The second kappa shape index (κ2) is 5.42. The number of hydrogen-bond acceptors (Lipinski definition) is 3. The minimum atomic E-state index is -4.60. The first kappa shape index (κ1) is 15.6. The van der Waals surface area contributed by atoms with Crippen molar-refractivity contribution in [2.24, 2.45) is 0 Å². The van der Waals surface area contributed by atoms with Crippen LogP contribution in [0.15, 0.2) is 36.4 Å². The van der Waals surface area contributed by atoms with Gasteiger partial charge in [-0.05, 0) is 38.1 Å². The van der Waals surface area contributed by atoms with Gasteiger partial charge in [0, 0.05) is 12.2 Å². The fraction of sp³-hybridized carbons (Fsp3) is 0.312. The van der Waals surface area contributed by atoms with Crippen molar-refractivity contribution in [1.29, 1.82) is 0 Å². The van der Waals surface area contributed by atoms with E-state index in [0.717, 1.165) is 6.08 Å². The van der Waals surface area contributed by atoms with E-state index < -0.39 is 11.9 Å². The van der Waals surface area contributed by atoms with Crippen LogP contribution in [0.2, 0.25) is 0 Å². The first-order chi connectivity index (χ1) is 10.9. The smallest absolute Gasteiger partial charge is 0.345 e. The van der Waals surface area contributed by atoms with Crippen molar-refractivity contribution in [3.05, 3.63) is 47.7 Å². The fourth-order valence-electron chi connectivity index (χ4n) is 2.59. The predicted molar refractivity (Wildman–Crippen MR) is 81.4 cm³/mol. The summed E-state index contributed by atoms with van der Waals surface area (Å²) in [5.41, 5.74) is -0.617. The molecule has 2 heterocycles. The molecule has 2 aromatic rings. The van der Waals surface area contributed by atoms with E-state index in [1.807, 2.05) is 6.07 Å². The van der Waals surface area contributed by atoms with Crippen LogP contribution in [0.5, 0.6) is 0 Å². The van der Waals surface area contributed by atoms with E-state index in [2.05, 4.69) is 10.4 Å². The Bertz CT molecular complexity index is 737. The predicted octanol–water partition coefficient (Wildman–Crippen LogP) is 3.91. The largest absolute Gasteiger partial charge is 0.440 e. The molecule has 1 aromatic heterocycles. The van der Waals surface area contributed by atoms with Crippen molar-refractivity contribution in [2.45, 2.75) is 25.7 Å². The molecule has 4 nitrogen and oxygen atoms in total. The zero-order valence-corrected chi connectivity index (χ0v) is 12.7. The summed E-state index contributed by atoms with van der Waals surface area (Å²) in [6.07, 6.45) is -2.18. The van der Waals surface area contributed by atoms with E-state index in [-0.39, 0.29) is 12.4 Å². The van der Waals surface area contributed by atoms with E-state index >= 15 is 0 Å². The Hall–Kier alpha value is -2.28. The summed E-state index contributed by atoms with van der Waals surface area (Å²) >= 11 is 0. The zero-order valence-electron chi connectivity index (χ0n) is 12.7. The molecule has 0 radical (unpaired) electrons. The molecule has 0 saturated heterocycles. The number of benzene rings is 1. The molecule has 0 spiro atoms. The van der Waals surface area contributed by atoms with E-state index in [0.29, 0.717) is 16.9 Å². The van der Waals surface area contributed by atoms with E-state index in [1.54, 1.807) is 31.2 Å². The summed E-state index contributed by atoms with van der Waals surface area (Å²) in [6, 6.07) is 9.00. The van der Waals surface area contributed by atoms with Crippen LogP contribution in [-0.4, -0.2) is 28.3 Å². The maximum absolute atomic E-state index is 13.6. The van der Waals surface area contributed by atoms with Crippen molar-refractivity contribution >= 4 is 11.9 Å². The van der Waals surface area contributed by atoms with Gasteiger partial charge in [0.05, 0.1) is 11.4 Å². The normalized spacial score (nSPS) is 20.2. The summed E-state index contributed by atoms with van der Waals surface area (Å²) in [5, 5.41) is 6.86. The van der Waals surface area contributed by atoms with Crippen molar-refractivity contribution in [3.8, 4) is 5.69 Å². The van der Waals surface area contributed by atoms with Gasteiger partial charge in [-0.3, -0.25) is 0 Å². The molecule has 1 N–H and O–H groups in total. The van der Waals surface area contributed by atoms with Gasteiger partial charge in [0.25, 0.3) is 5.72 Å². The minimum absolute atomic E-state index is 0.0787. The van der Waals surface area contributed by atoms with Gasteiger partial charge < -0.3 is 10.1 Å². The summed E-state index contributed by atoms with van der Waals surface area (Å²) in [4.78, 5) is 0. The minimum Gasteiger partial charge on any atom is -0.345 e. The lowest BCUT2D eigenvalue weighted by atomic mass is 10.1. The molecule has 0 bridgehead atoms. The van der Waals surface area contributed by atoms with Crippen LogP contribution in [-0.2, 0) is 4.74 Å². The van der Waals surface area contributed by atoms with Crippen LogP contribution in [0, 0.1) is 6.92 Å². The van der Waals surface area contributed by atoms with E-state index in [1.165, 1.54) is 17.7 Å². The highest BCUT2D eigenvalue weighted by Gasteiger charge is 2.56. The average molecular weight is 323 g/mol. The van der Waals surface area contributed by atoms with Crippen molar-refractivity contribution in [3.63, 3.8) is 0 Å². The second-order valence-corrected chi connectivity index (χ2v) is 5.22. The number of hydrogen-bond donors (Lipinski definition) is 1. The Balaban J connectivity index is 2.13. The van der Waals surface area contributed by atoms with Crippen LogP contribution in [0.4, 0.5) is 19.0 Å². The molecule has 0 amide bonds. The van der Waals surface area contributed by atoms with Gasteiger partial charge >= 0.3 is 6.18 Å². The number of alkyl halides is 3. The summed E-state index contributed by atoms with van der Waals surface area (Å²) in [5.74, 6) is 0.266. The highest BCUT2D eigenvalue weighted by Crippen LogP contribution is 2.41. The average Bonchev–Trinajstić information content (AvgIpc) is 2.84. The monoisotopic (exact) mass is 323 g/mol. The van der Waals surface area contributed by atoms with Crippen molar-refractivity contribution < 1.29 is 17.9 Å². The molecule has 7 heteroatoms. The quantitative estimate of drug-likeness (QED) is 0.931. The highest BCUT2D eigenvalue weighted by molar-refractivity contribution is 5.73. The molecule has 3 rings (SSSR count). The SMILES string of the molecule is CCOC1(C(F)(F)F)C=Cc2c(C)nn(-c3ccccc3)c2N1. The zero-order chi connectivity index (χ0) is 16.7. The van der Waals surface area contributed by atoms with Gasteiger partial charge in [0.2, 0.25) is 0 Å². The Labute approximate surface area is 131 Å². The van der Waals surface area contributed by atoms with Crippen LogP contribution >= 0.6 is 0 Å². The number of nitrogens with one attached hydrogen (secondary N) is 1. The Morgan fingerprint density at radius 2 is 1.96 bits per heavy atom. The number of nitrogens with zero attached hydrogens (tertiary/aromatic N) is 2. The Morgan fingerprint density at radius 1 is 1.26 bits per heavy atom. The lowest BCUT2D eigenvalue weighted by Gasteiger charge is -2.36. The highest BCUT2D eigenvalue weighted by atomic mass is 19.4. The number of aryl methyl sites for hydroxylation is 1. The Morgan fingerprint density at radius 3 is 2.57 bits per heavy atom. The molecule has 1 aliphatic heterocycles. The van der Waals surface area contributed by atoms with Crippen LogP contribution in [0.3, 0.4) is 0 Å². The molecular weight excluding hydrogens is 307 g/mol. The Kier molecular flexibility index (Phi) is 3.68. The standard InChI is InChI=1S/C16H16F3N3O/c1-3-23-15(16(17,18)19)10-9-13-11(2)21-22(14(13)20-15)12-7-5-4-6-8-12/h4-10,20H,3H2,1-2H3. The lowest BCUT2D eigenvalue weighted by Crippen LogP contribution is -2.54.